The van der Waals surface area contributed by atoms with E-state index in [1.165, 1.54) is 6.20 Å². The highest BCUT2D eigenvalue weighted by Gasteiger charge is 2.20. The summed E-state index contributed by atoms with van der Waals surface area (Å²) < 4.78 is 28.4. The van der Waals surface area contributed by atoms with Crippen molar-refractivity contribution in [1.82, 2.24) is 14.8 Å². The van der Waals surface area contributed by atoms with Crippen LogP contribution < -0.4 is 0 Å². The molecule has 0 aromatic carbocycles. The molecule has 0 aliphatic heterocycles. The fraction of sp³-hybridized carbons (Fsp3) is 0.182. The van der Waals surface area contributed by atoms with E-state index in [9.17, 15) is 13.6 Å². The Bertz CT molecular complexity index is 612. The Morgan fingerprint density at radius 1 is 1.53 bits per heavy atom. The number of hydrogen-bond acceptors (Lipinski definition) is 6. The van der Waals surface area contributed by atoms with E-state index in [0.29, 0.717) is 5.82 Å². The first-order valence-electron chi connectivity index (χ1n) is 5.41. The molecule has 0 saturated heterocycles. The molecule has 0 N–H and O–H groups in total. The maximum Gasteiger partial charge on any atom is 0.342 e. The summed E-state index contributed by atoms with van der Waals surface area (Å²) in [5.41, 5.74) is -0.110. The molecule has 0 fully saturated rings. The first-order valence-corrected chi connectivity index (χ1v) is 6.48. The van der Waals surface area contributed by atoms with Crippen molar-refractivity contribution in [2.24, 2.45) is 0 Å². The fourth-order valence-electron chi connectivity index (χ4n) is 1.49. The van der Waals surface area contributed by atoms with Gasteiger partial charge in [-0.05, 0) is 30.1 Å². The van der Waals surface area contributed by atoms with Crippen molar-refractivity contribution >= 4 is 17.0 Å². The summed E-state index contributed by atoms with van der Waals surface area (Å²) in [5, 5.41) is 3.60. The fourth-order valence-corrected chi connectivity index (χ4v) is 2.09. The molecule has 0 amide bonds. The van der Waals surface area contributed by atoms with Crippen LogP contribution in [0.3, 0.4) is 0 Å². The molecule has 7 nitrogen and oxygen atoms in total. The lowest BCUT2D eigenvalue weighted by atomic mass is 10.4. The van der Waals surface area contributed by atoms with Gasteiger partial charge in [-0.2, -0.15) is 5.10 Å². The Morgan fingerprint density at radius 3 is 2.89 bits per heavy atom. The highest BCUT2D eigenvalue weighted by Crippen LogP contribution is 2.17. The molecule has 2 heterocycles. The van der Waals surface area contributed by atoms with Gasteiger partial charge in [0.1, 0.15) is 10.6 Å². The second-order valence-corrected chi connectivity index (χ2v) is 4.27. The van der Waals surface area contributed by atoms with Crippen molar-refractivity contribution in [3.8, 4) is 5.82 Å². The summed E-state index contributed by atoms with van der Waals surface area (Å²) >= 11 is -2.64. The first-order chi connectivity index (χ1) is 9.15. The molecule has 0 bridgehead atoms. The molecule has 19 heavy (non-hydrogen) atoms. The van der Waals surface area contributed by atoms with Gasteiger partial charge in [0, 0.05) is 6.20 Å². The molecule has 0 radical (unpaired) electrons. The summed E-state index contributed by atoms with van der Waals surface area (Å²) in [6, 6.07) is 4.96. The third-order valence-electron chi connectivity index (χ3n) is 2.24. The van der Waals surface area contributed by atoms with Gasteiger partial charge in [-0.15, -0.1) is 0 Å². The van der Waals surface area contributed by atoms with Gasteiger partial charge < -0.3 is 9.29 Å². The monoisotopic (exact) mass is 280 g/mol. The number of aromatic nitrogens is 3. The average Bonchev–Trinajstić information content (AvgIpc) is 2.85. The van der Waals surface area contributed by atoms with E-state index in [2.05, 4.69) is 10.1 Å². The van der Waals surface area contributed by atoms with Gasteiger partial charge in [0.25, 0.3) is 0 Å². The third-order valence-corrected chi connectivity index (χ3v) is 2.95. The van der Waals surface area contributed by atoms with Crippen molar-refractivity contribution in [2.45, 2.75) is 11.9 Å². The summed E-state index contributed by atoms with van der Waals surface area (Å²) in [5.74, 6) is -0.430. The molecule has 2 rings (SSSR count). The molecule has 0 spiro atoms. The summed E-state index contributed by atoms with van der Waals surface area (Å²) in [6.45, 7) is 1.79. The molecule has 0 aliphatic rings. The molecular weight excluding hydrogens is 270 g/mol. The van der Waals surface area contributed by atoms with Crippen LogP contribution in [0.15, 0.2) is 35.6 Å². The summed E-state index contributed by atoms with van der Waals surface area (Å²) in [4.78, 5) is 15.6. The number of rotatable bonds is 4. The second-order valence-electron chi connectivity index (χ2n) is 3.42. The lowest BCUT2D eigenvalue weighted by Crippen LogP contribution is -2.11. The maximum absolute atomic E-state index is 11.6. The van der Waals surface area contributed by atoms with E-state index in [1.807, 2.05) is 0 Å². The van der Waals surface area contributed by atoms with Crippen LogP contribution in [0.5, 0.6) is 0 Å². The smallest absolute Gasteiger partial charge is 0.342 e. The molecule has 0 aliphatic carbocycles. The van der Waals surface area contributed by atoms with E-state index in [4.69, 9.17) is 4.74 Å². The molecule has 2 aromatic heterocycles. The Morgan fingerprint density at radius 2 is 2.32 bits per heavy atom. The molecular formula is C11H10N3O4S-. The Kier molecular flexibility index (Phi) is 4.03. The Balaban J connectivity index is 2.52. The average molecular weight is 280 g/mol. The van der Waals surface area contributed by atoms with Crippen molar-refractivity contribution in [3.05, 3.63) is 36.2 Å². The minimum absolute atomic E-state index is 0.110. The zero-order valence-electron chi connectivity index (χ0n) is 9.98. The number of hydrogen-bond donors (Lipinski definition) is 0. The largest absolute Gasteiger partial charge is 0.767 e. The van der Waals surface area contributed by atoms with Crippen LogP contribution in [-0.4, -0.2) is 36.1 Å². The van der Waals surface area contributed by atoms with E-state index >= 15 is 0 Å². The third kappa shape index (κ3) is 2.69. The maximum atomic E-state index is 11.6. The summed E-state index contributed by atoms with van der Waals surface area (Å²) in [7, 11) is 0. The molecule has 1 atom stereocenters. The highest BCUT2D eigenvalue weighted by atomic mass is 32.2. The van der Waals surface area contributed by atoms with Crippen LogP contribution >= 0.6 is 0 Å². The van der Waals surface area contributed by atoms with Crippen LogP contribution in [-0.2, 0) is 15.8 Å². The lowest BCUT2D eigenvalue weighted by molar-refractivity contribution is 0.0521. The number of ether oxygens (including phenoxy) is 1. The van der Waals surface area contributed by atoms with Gasteiger partial charge in [-0.3, -0.25) is 4.21 Å². The van der Waals surface area contributed by atoms with Crippen molar-refractivity contribution in [1.29, 1.82) is 0 Å². The van der Waals surface area contributed by atoms with E-state index in [1.54, 1.807) is 25.1 Å². The van der Waals surface area contributed by atoms with E-state index < -0.39 is 17.0 Å². The van der Waals surface area contributed by atoms with Crippen LogP contribution in [0.1, 0.15) is 17.3 Å². The van der Waals surface area contributed by atoms with Crippen LogP contribution in [0.2, 0.25) is 0 Å². The topological polar surface area (TPSA) is 97.1 Å². The highest BCUT2D eigenvalue weighted by molar-refractivity contribution is 7.79. The van der Waals surface area contributed by atoms with E-state index in [0.717, 1.165) is 10.9 Å². The van der Waals surface area contributed by atoms with Gasteiger partial charge in [0.15, 0.2) is 5.82 Å². The minimum atomic E-state index is -2.64. The van der Waals surface area contributed by atoms with Crippen molar-refractivity contribution in [3.63, 3.8) is 0 Å². The first kappa shape index (κ1) is 13.4. The van der Waals surface area contributed by atoms with Crippen molar-refractivity contribution < 1.29 is 18.3 Å². The van der Waals surface area contributed by atoms with Gasteiger partial charge in [-0.25, -0.2) is 14.5 Å². The van der Waals surface area contributed by atoms with Crippen LogP contribution in [0.4, 0.5) is 0 Å². The molecule has 8 heteroatoms. The minimum Gasteiger partial charge on any atom is -0.767 e. The lowest BCUT2D eigenvalue weighted by Gasteiger charge is -2.10. The molecule has 100 valence electrons. The zero-order chi connectivity index (χ0) is 13.8. The zero-order valence-corrected chi connectivity index (χ0v) is 10.8. The van der Waals surface area contributed by atoms with Crippen molar-refractivity contribution in [2.75, 3.05) is 6.61 Å². The predicted octanol–water partition coefficient (Wildman–Crippen LogP) is 0.682. The molecule has 2 aromatic rings. The van der Waals surface area contributed by atoms with Gasteiger partial charge in [0.2, 0.25) is 0 Å². The van der Waals surface area contributed by atoms with E-state index in [-0.39, 0.29) is 17.2 Å². The SMILES string of the molecule is CCOC(=O)c1cnn(-c2ccccn2)c1S(=O)[O-]. The van der Waals surface area contributed by atoms with Crippen LogP contribution in [0.25, 0.3) is 5.82 Å². The standard InChI is InChI=1S/C11H11N3O4S/c1-2-18-11(15)8-7-13-14(10(8)19(16)17)9-5-3-4-6-12-9/h3-7H,2H2,1H3,(H,16,17)/p-1. The summed E-state index contributed by atoms with van der Waals surface area (Å²) in [6.07, 6.45) is 2.65. The van der Waals surface area contributed by atoms with Crippen LogP contribution in [0, 0.1) is 0 Å². The predicted molar refractivity (Wildman–Crippen MR) is 64.5 cm³/mol. The number of carbonyl (C=O) groups is 1. The second kappa shape index (κ2) is 5.72. The van der Waals surface area contributed by atoms with Gasteiger partial charge in [-0.1, -0.05) is 6.07 Å². The number of carbonyl (C=O) groups excluding carboxylic acids is 1. The number of nitrogens with zero attached hydrogens (tertiary/aromatic N) is 3. The quantitative estimate of drug-likeness (QED) is 0.603. The number of pyridine rings is 1. The molecule has 0 saturated carbocycles. The normalized spacial score (nSPS) is 12.1. The van der Waals surface area contributed by atoms with Gasteiger partial charge >= 0.3 is 5.97 Å². The Labute approximate surface area is 111 Å². The Hall–Kier alpha value is -2.06. The molecule has 1 unspecified atom stereocenters. The van der Waals surface area contributed by atoms with Gasteiger partial charge in [0.05, 0.1) is 12.8 Å². The number of esters is 1.